The van der Waals surface area contributed by atoms with E-state index in [1.165, 1.54) is 17.5 Å². The number of likely N-dealkylation sites (tertiary alicyclic amines) is 1. The Kier molecular flexibility index (Phi) is 6.18. The Morgan fingerprint density at radius 2 is 1.73 bits per heavy atom. The molecule has 5 nitrogen and oxygen atoms in total. The van der Waals surface area contributed by atoms with E-state index in [9.17, 15) is 9.59 Å². The van der Waals surface area contributed by atoms with Gasteiger partial charge in [0.05, 0.1) is 6.54 Å². The van der Waals surface area contributed by atoms with E-state index in [1.54, 1.807) is 0 Å². The van der Waals surface area contributed by atoms with Gasteiger partial charge in [0.1, 0.15) is 6.04 Å². The molecule has 0 saturated carbocycles. The van der Waals surface area contributed by atoms with Crippen LogP contribution in [0.4, 0.5) is 5.69 Å². The average Bonchev–Trinajstić information content (AvgIpc) is 2.76. The normalized spacial score (nSPS) is 19.3. The fraction of sp³-hybridized carbons (Fsp3) is 0.440. The summed E-state index contributed by atoms with van der Waals surface area (Å²) in [5.74, 6) is 0.0647. The van der Waals surface area contributed by atoms with Crippen molar-refractivity contribution in [3.05, 3.63) is 64.7 Å². The predicted octanol–water partition coefficient (Wildman–Crippen LogP) is 3.85. The molecule has 0 bridgehead atoms. The second-order valence-corrected chi connectivity index (χ2v) is 8.55. The highest BCUT2D eigenvalue weighted by Gasteiger charge is 2.36. The van der Waals surface area contributed by atoms with Crippen LogP contribution in [0, 0.1) is 13.8 Å². The first kappa shape index (κ1) is 20.6. The summed E-state index contributed by atoms with van der Waals surface area (Å²) in [4.78, 5) is 30.4. The van der Waals surface area contributed by atoms with Crippen LogP contribution in [0.1, 0.15) is 47.6 Å². The Morgan fingerprint density at radius 1 is 0.967 bits per heavy atom. The molecule has 1 N–H and O–H groups in total. The smallest absolute Gasteiger partial charge is 0.244 e. The van der Waals surface area contributed by atoms with Crippen LogP contribution in [0.2, 0.25) is 0 Å². The number of hydrogen-bond donors (Lipinski definition) is 1. The van der Waals surface area contributed by atoms with E-state index >= 15 is 0 Å². The zero-order valence-electron chi connectivity index (χ0n) is 18.0. The summed E-state index contributed by atoms with van der Waals surface area (Å²) in [6, 6.07) is 13.8. The highest BCUT2D eigenvalue weighted by Crippen LogP contribution is 2.32. The van der Waals surface area contributed by atoms with Crippen molar-refractivity contribution in [1.82, 2.24) is 9.80 Å². The highest BCUT2D eigenvalue weighted by atomic mass is 16.2. The van der Waals surface area contributed by atoms with Crippen LogP contribution in [-0.2, 0) is 16.0 Å². The molecule has 2 aromatic carbocycles. The Morgan fingerprint density at radius 3 is 2.50 bits per heavy atom. The van der Waals surface area contributed by atoms with Crippen molar-refractivity contribution >= 4 is 17.5 Å². The number of aryl methyl sites for hydroxylation is 2. The maximum atomic E-state index is 13.5. The molecule has 158 valence electrons. The molecular formula is C25H31N3O2. The molecule has 0 aliphatic carbocycles. The number of hydrogen-bond acceptors (Lipinski definition) is 3. The van der Waals surface area contributed by atoms with Crippen LogP contribution in [-0.4, -0.2) is 47.8 Å². The lowest BCUT2D eigenvalue weighted by atomic mass is 9.91. The number of nitrogens with zero attached hydrogens (tertiary/aromatic N) is 2. The number of amides is 2. The second-order valence-electron chi connectivity index (χ2n) is 8.55. The number of anilines is 1. The molecule has 0 aromatic heterocycles. The first-order valence-electron chi connectivity index (χ1n) is 11.0. The zero-order valence-corrected chi connectivity index (χ0v) is 18.0. The third-order valence-electron chi connectivity index (χ3n) is 6.42. The number of fused-ring (bicyclic) bond motifs is 1. The van der Waals surface area contributed by atoms with E-state index in [1.807, 2.05) is 42.2 Å². The largest absolute Gasteiger partial charge is 0.341 e. The van der Waals surface area contributed by atoms with E-state index in [0.717, 1.165) is 49.2 Å². The van der Waals surface area contributed by atoms with Gasteiger partial charge in [0.15, 0.2) is 0 Å². The van der Waals surface area contributed by atoms with Gasteiger partial charge in [-0.25, -0.2) is 0 Å². The van der Waals surface area contributed by atoms with E-state index < -0.39 is 0 Å². The van der Waals surface area contributed by atoms with Gasteiger partial charge in [0.25, 0.3) is 0 Å². The summed E-state index contributed by atoms with van der Waals surface area (Å²) in [5.41, 5.74) is 5.43. The molecule has 0 radical (unpaired) electrons. The van der Waals surface area contributed by atoms with Gasteiger partial charge >= 0.3 is 0 Å². The molecule has 0 spiro atoms. The highest BCUT2D eigenvalue weighted by molar-refractivity contribution is 5.93. The minimum atomic E-state index is -0.376. The second kappa shape index (κ2) is 9.00. The molecule has 2 amide bonds. The number of nitrogens with one attached hydrogen (secondary N) is 1. The standard InChI is InChI=1S/C25H31N3O2/c1-18-10-11-21(16-19(18)2)26-23(29)17-28-15-12-20-8-4-5-9-22(20)24(28)25(30)27-13-6-3-7-14-27/h4-5,8-11,16,24H,3,6-7,12-15,17H2,1-2H3,(H,26,29). The summed E-state index contributed by atoms with van der Waals surface area (Å²) in [5, 5.41) is 3.01. The Hall–Kier alpha value is -2.66. The van der Waals surface area contributed by atoms with Gasteiger partial charge < -0.3 is 10.2 Å². The summed E-state index contributed by atoms with van der Waals surface area (Å²) < 4.78 is 0. The fourth-order valence-corrected chi connectivity index (χ4v) is 4.57. The van der Waals surface area contributed by atoms with Crippen molar-refractivity contribution in [2.24, 2.45) is 0 Å². The maximum absolute atomic E-state index is 13.5. The van der Waals surface area contributed by atoms with Gasteiger partial charge in [0.2, 0.25) is 11.8 Å². The molecule has 5 heteroatoms. The summed E-state index contributed by atoms with van der Waals surface area (Å²) in [6.07, 6.45) is 4.17. The molecule has 1 fully saturated rings. The molecule has 2 aliphatic rings. The zero-order chi connectivity index (χ0) is 21.1. The summed E-state index contributed by atoms with van der Waals surface area (Å²) >= 11 is 0. The maximum Gasteiger partial charge on any atom is 0.244 e. The minimum absolute atomic E-state index is 0.0749. The quantitative estimate of drug-likeness (QED) is 0.841. The van der Waals surface area contributed by atoms with Crippen molar-refractivity contribution in [1.29, 1.82) is 0 Å². The lowest BCUT2D eigenvalue weighted by molar-refractivity contribution is -0.139. The first-order chi connectivity index (χ1) is 14.5. The number of piperidine rings is 1. The lowest BCUT2D eigenvalue weighted by Crippen LogP contribution is -2.49. The number of carbonyl (C=O) groups is 2. The van der Waals surface area contributed by atoms with Gasteiger partial charge in [-0.15, -0.1) is 0 Å². The predicted molar refractivity (Wildman–Crippen MR) is 119 cm³/mol. The molecule has 2 heterocycles. The molecule has 1 atom stereocenters. The van der Waals surface area contributed by atoms with Crippen molar-refractivity contribution in [3.8, 4) is 0 Å². The van der Waals surface area contributed by atoms with Crippen LogP contribution >= 0.6 is 0 Å². The third kappa shape index (κ3) is 4.41. The van der Waals surface area contributed by atoms with E-state index in [4.69, 9.17) is 0 Å². The van der Waals surface area contributed by atoms with Gasteiger partial charge in [-0.3, -0.25) is 14.5 Å². The van der Waals surface area contributed by atoms with Crippen LogP contribution in [0.25, 0.3) is 0 Å². The summed E-state index contributed by atoms with van der Waals surface area (Å²) in [6.45, 7) is 6.66. The van der Waals surface area contributed by atoms with Crippen LogP contribution < -0.4 is 5.32 Å². The van der Waals surface area contributed by atoms with Gasteiger partial charge in [-0.2, -0.15) is 0 Å². The first-order valence-corrected chi connectivity index (χ1v) is 11.0. The number of benzene rings is 2. The molecule has 30 heavy (non-hydrogen) atoms. The molecule has 1 saturated heterocycles. The average molecular weight is 406 g/mol. The topological polar surface area (TPSA) is 52.7 Å². The minimum Gasteiger partial charge on any atom is -0.341 e. The lowest BCUT2D eigenvalue weighted by Gasteiger charge is -2.39. The molecule has 2 aliphatic heterocycles. The van der Waals surface area contributed by atoms with Gasteiger partial charge in [0, 0.05) is 25.3 Å². The van der Waals surface area contributed by atoms with Crippen molar-refractivity contribution < 1.29 is 9.59 Å². The Labute approximate surface area is 179 Å². The molecule has 1 unspecified atom stereocenters. The Balaban J connectivity index is 1.53. The SMILES string of the molecule is Cc1ccc(NC(=O)CN2CCc3ccccc3C2C(=O)N2CCCCC2)cc1C. The van der Waals surface area contributed by atoms with Crippen molar-refractivity contribution in [2.45, 2.75) is 45.6 Å². The third-order valence-corrected chi connectivity index (χ3v) is 6.42. The monoisotopic (exact) mass is 405 g/mol. The fourth-order valence-electron chi connectivity index (χ4n) is 4.57. The van der Waals surface area contributed by atoms with Crippen LogP contribution in [0.5, 0.6) is 0 Å². The van der Waals surface area contributed by atoms with Crippen LogP contribution in [0.3, 0.4) is 0 Å². The number of carbonyl (C=O) groups excluding carboxylic acids is 2. The summed E-state index contributed by atoms with van der Waals surface area (Å²) in [7, 11) is 0. The van der Waals surface area contributed by atoms with E-state index in [-0.39, 0.29) is 24.4 Å². The van der Waals surface area contributed by atoms with E-state index in [0.29, 0.717) is 6.54 Å². The molecule has 4 rings (SSSR count). The van der Waals surface area contributed by atoms with Gasteiger partial charge in [-0.05, 0) is 73.9 Å². The van der Waals surface area contributed by atoms with Crippen molar-refractivity contribution in [3.63, 3.8) is 0 Å². The molecular weight excluding hydrogens is 374 g/mol. The van der Waals surface area contributed by atoms with E-state index in [2.05, 4.69) is 29.3 Å². The van der Waals surface area contributed by atoms with Gasteiger partial charge in [-0.1, -0.05) is 30.3 Å². The number of rotatable bonds is 4. The molecule has 2 aromatic rings. The van der Waals surface area contributed by atoms with Crippen molar-refractivity contribution in [2.75, 3.05) is 31.5 Å². The Bertz CT molecular complexity index is 934. The van der Waals surface area contributed by atoms with Crippen LogP contribution in [0.15, 0.2) is 42.5 Å².